The highest BCUT2D eigenvalue weighted by molar-refractivity contribution is 6.17. The molecule has 1 aliphatic rings. The number of alkyl halides is 3. The van der Waals surface area contributed by atoms with E-state index < -0.39 is 11.7 Å². The Bertz CT molecular complexity index is 912. The number of ether oxygens (including phenoxy) is 3. The molecule has 0 saturated carbocycles. The Morgan fingerprint density at radius 2 is 1.59 bits per heavy atom. The average Bonchev–Trinajstić information content (AvgIpc) is 2.95. The summed E-state index contributed by atoms with van der Waals surface area (Å²) < 4.78 is 54.0. The van der Waals surface area contributed by atoms with E-state index in [2.05, 4.69) is 0 Å². The molecule has 2 aromatic carbocycles. The first-order chi connectivity index (χ1) is 12.8. The number of hydrogen-bond donors (Lipinski definition) is 0. The molecule has 0 heterocycles. The standard InChI is InChI=1S/C20H17F3O4/c1-25-15-10-12-9-13(17(24)16(12)19(27-3)18(15)26-2)8-11-4-6-14(7-5-11)20(21,22)23/h4-8,10H,9H2,1-3H3/b13-8-. The van der Waals surface area contributed by atoms with E-state index in [0.29, 0.717) is 40.2 Å². The Balaban J connectivity index is 2.00. The highest BCUT2D eigenvalue weighted by atomic mass is 19.4. The van der Waals surface area contributed by atoms with Gasteiger partial charge in [-0.1, -0.05) is 12.1 Å². The number of allylic oxidation sites excluding steroid dienone is 1. The van der Waals surface area contributed by atoms with Crippen LogP contribution in [-0.2, 0) is 12.6 Å². The number of halogens is 3. The van der Waals surface area contributed by atoms with Gasteiger partial charge in [-0.25, -0.2) is 0 Å². The van der Waals surface area contributed by atoms with Gasteiger partial charge < -0.3 is 14.2 Å². The van der Waals surface area contributed by atoms with Crippen LogP contribution in [0, 0.1) is 0 Å². The van der Waals surface area contributed by atoms with E-state index in [1.54, 1.807) is 12.1 Å². The predicted octanol–water partition coefficient (Wildman–Crippen LogP) is 4.55. The Morgan fingerprint density at radius 3 is 2.11 bits per heavy atom. The summed E-state index contributed by atoms with van der Waals surface area (Å²) in [6.45, 7) is 0. The Hall–Kier alpha value is -2.96. The molecule has 142 valence electrons. The van der Waals surface area contributed by atoms with Crippen LogP contribution in [0.15, 0.2) is 35.9 Å². The highest BCUT2D eigenvalue weighted by Gasteiger charge is 2.33. The third-order valence-corrected chi connectivity index (χ3v) is 4.39. The van der Waals surface area contributed by atoms with E-state index in [1.165, 1.54) is 33.5 Å². The second kappa shape index (κ2) is 6.98. The van der Waals surface area contributed by atoms with Crippen molar-refractivity contribution in [1.29, 1.82) is 0 Å². The van der Waals surface area contributed by atoms with E-state index in [-0.39, 0.29) is 11.5 Å². The molecule has 0 N–H and O–H groups in total. The lowest BCUT2D eigenvalue weighted by molar-refractivity contribution is -0.137. The van der Waals surface area contributed by atoms with E-state index in [9.17, 15) is 18.0 Å². The molecule has 0 amide bonds. The molecular formula is C20H17F3O4. The first-order valence-corrected chi connectivity index (χ1v) is 8.04. The maximum atomic E-state index is 12.9. The number of methoxy groups -OCH3 is 3. The van der Waals surface area contributed by atoms with Crippen molar-refractivity contribution in [3.8, 4) is 17.2 Å². The van der Waals surface area contributed by atoms with Gasteiger partial charge in [0, 0.05) is 12.0 Å². The molecule has 0 saturated heterocycles. The van der Waals surface area contributed by atoms with Crippen molar-refractivity contribution in [3.05, 3.63) is 58.2 Å². The zero-order chi connectivity index (χ0) is 19.8. The molecule has 0 radical (unpaired) electrons. The lowest BCUT2D eigenvalue weighted by atomic mass is 10.1. The van der Waals surface area contributed by atoms with Gasteiger partial charge in [0.1, 0.15) is 0 Å². The quantitative estimate of drug-likeness (QED) is 0.732. The van der Waals surface area contributed by atoms with Crippen LogP contribution < -0.4 is 14.2 Å². The SMILES string of the molecule is COc1cc2c(c(OC)c1OC)C(=O)/C(=C\c1ccc(C(F)(F)F)cc1)C2. The first kappa shape index (κ1) is 18.8. The summed E-state index contributed by atoms with van der Waals surface area (Å²) in [6.07, 6.45) is -2.49. The molecule has 2 aromatic rings. The average molecular weight is 378 g/mol. The van der Waals surface area contributed by atoms with Crippen LogP contribution in [0.4, 0.5) is 13.2 Å². The van der Waals surface area contributed by atoms with Gasteiger partial charge in [-0.2, -0.15) is 13.2 Å². The Morgan fingerprint density at radius 1 is 0.963 bits per heavy atom. The number of Topliss-reactive ketones (excluding diaryl/α,β-unsaturated/α-hetero) is 1. The second-order valence-corrected chi connectivity index (χ2v) is 5.97. The maximum Gasteiger partial charge on any atom is 0.416 e. The summed E-state index contributed by atoms with van der Waals surface area (Å²) in [4.78, 5) is 12.9. The summed E-state index contributed by atoms with van der Waals surface area (Å²) in [5.74, 6) is 0.801. The molecule has 7 heteroatoms. The fourth-order valence-corrected chi connectivity index (χ4v) is 3.13. The van der Waals surface area contributed by atoms with Gasteiger partial charge in [0.25, 0.3) is 0 Å². The normalized spacial score (nSPS) is 15.0. The fourth-order valence-electron chi connectivity index (χ4n) is 3.13. The zero-order valence-electron chi connectivity index (χ0n) is 14.9. The topological polar surface area (TPSA) is 44.8 Å². The fraction of sp³-hybridized carbons (Fsp3) is 0.250. The Labute approximate surface area is 154 Å². The molecule has 4 nitrogen and oxygen atoms in total. The summed E-state index contributed by atoms with van der Waals surface area (Å²) >= 11 is 0. The van der Waals surface area contributed by atoms with Crippen molar-refractivity contribution < 1.29 is 32.2 Å². The van der Waals surface area contributed by atoms with Crippen molar-refractivity contribution in [3.63, 3.8) is 0 Å². The molecule has 1 aliphatic carbocycles. The second-order valence-electron chi connectivity index (χ2n) is 5.97. The van der Waals surface area contributed by atoms with Crippen molar-refractivity contribution in [1.82, 2.24) is 0 Å². The minimum atomic E-state index is -4.40. The lowest BCUT2D eigenvalue weighted by Crippen LogP contribution is -2.04. The van der Waals surface area contributed by atoms with Crippen molar-refractivity contribution in [2.24, 2.45) is 0 Å². The van der Waals surface area contributed by atoms with Gasteiger partial charge >= 0.3 is 6.18 Å². The molecule has 0 bridgehead atoms. The third kappa shape index (κ3) is 3.37. The van der Waals surface area contributed by atoms with Crippen molar-refractivity contribution >= 4 is 11.9 Å². The molecule has 0 atom stereocenters. The number of carbonyl (C=O) groups excluding carboxylic acids is 1. The van der Waals surface area contributed by atoms with Gasteiger partial charge in [0.15, 0.2) is 17.3 Å². The third-order valence-electron chi connectivity index (χ3n) is 4.39. The summed E-state index contributed by atoms with van der Waals surface area (Å²) in [6, 6.07) is 6.37. The lowest BCUT2D eigenvalue weighted by Gasteiger charge is -2.14. The van der Waals surface area contributed by atoms with Crippen LogP contribution in [-0.4, -0.2) is 27.1 Å². The monoisotopic (exact) mass is 378 g/mol. The van der Waals surface area contributed by atoms with Crippen LogP contribution in [0.25, 0.3) is 6.08 Å². The number of rotatable bonds is 4. The van der Waals surface area contributed by atoms with Crippen LogP contribution in [0.1, 0.15) is 27.0 Å². The van der Waals surface area contributed by atoms with Crippen molar-refractivity contribution in [2.75, 3.05) is 21.3 Å². The molecule has 3 rings (SSSR count). The van der Waals surface area contributed by atoms with Gasteiger partial charge in [0.2, 0.25) is 5.75 Å². The van der Waals surface area contributed by atoms with Crippen LogP contribution >= 0.6 is 0 Å². The summed E-state index contributed by atoms with van der Waals surface area (Å²) in [5, 5.41) is 0. The molecule has 0 unspecified atom stereocenters. The van der Waals surface area contributed by atoms with Crippen molar-refractivity contribution in [2.45, 2.75) is 12.6 Å². The summed E-state index contributed by atoms with van der Waals surface area (Å²) in [7, 11) is 4.37. The molecule has 0 fully saturated rings. The smallest absolute Gasteiger partial charge is 0.416 e. The van der Waals surface area contributed by atoms with Gasteiger partial charge in [-0.05, 0) is 35.4 Å². The molecule has 0 aliphatic heterocycles. The predicted molar refractivity (Wildman–Crippen MR) is 93.6 cm³/mol. The number of hydrogen-bond acceptors (Lipinski definition) is 4. The van der Waals surface area contributed by atoms with Gasteiger partial charge in [-0.15, -0.1) is 0 Å². The molecule has 0 aromatic heterocycles. The maximum absolute atomic E-state index is 12.9. The minimum Gasteiger partial charge on any atom is -0.493 e. The van der Waals surface area contributed by atoms with Crippen LogP contribution in [0.5, 0.6) is 17.2 Å². The van der Waals surface area contributed by atoms with E-state index >= 15 is 0 Å². The molecule has 27 heavy (non-hydrogen) atoms. The van der Waals surface area contributed by atoms with Gasteiger partial charge in [0.05, 0.1) is 32.5 Å². The zero-order valence-corrected chi connectivity index (χ0v) is 14.9. The minimum absolute atomic E-state index is 0.247. The van der Waals surface area contributed by atoms with E-state index in [1.807, 2.05) is 0 Å². The first-order valence-electron chi connectivity index (χ1n) is 8.04. The van der Waals surface area contributed by atoms with E-state index in [4.69, 9.17) is 14.2 Å². The number of benzene rings is 2. The number of fused-ring (bicyclic) bond motifs is 1. The van der Waals surface area contributed by atoms with Gasteiger partial charge in [-0.3, -0.25) is 4.79 Å². The Kier molecular flexibility index (Phi) is 4.87. The highest BCUT2D eigenvalue weighted by Crippen LogP contribution is 2.46. The largest absolute Gasteiger partial charge is 0.493 e. The molecular weight excluding hydrogens is 361 g/mol. The van der Waals surface area contributed by atoms with Crippen LogP contribution in [0.3, 0.4) is 0 Å². The van der Waals surface area contributed by atoms with Crippen LogP contribution in [0.2, 0.25) is 0 Å². The summed E-state index contributed by atoms with van der Waals surface area (Å²) in [5.41, 5.74) is 1.33. The molecule has 0 spiro atoms. The van der Waals surface area contributed by atoms with E-state index in [0.717, 1.165) is 12.1 Å². The number of carbonyl (C=O) groups is 1. The number of ketones is 1.